The number of thioether (sulfide) groups is 1. The first-order valence-electron chi connectivity index (χ1n) is 7.35. The fourth-order valence-corrected chi connectivity index (χ4v) is 4.35. The van der Waals surface area contributed by atoms with Crippen LogP contribution in [0.15, 0.2) is 63.8 Å². The zero-order chi connectivity index (χ0) is 18.6. The molecule has 3 rings (SSSR count). The predicted molar refractivity (Wildman–Crippen MR) is 103 cm³/mol. The minimum absolute atomic E-state index is 0.115. The van der Waals surface area contributed by atoms with Crippen LogP contribution < -0.4 is 10.0 Å². The molecular weight excluding hydrogens is 392 g/mol. The summed E-state index contributed by atoms with van der Waals surface area (Å²) in [6.45, 7) is 0. The van der Waals surface area contributed by atoms with Crippen LogP contribution in [0.4, 0.5) is 10.8 Å². The molecule has 1 heterocycles. The molecule has 2 aromatic carbocycles. The van der Waals surface area contributed by atoms with Gasteiger partial charge in [-0.15, -0.1) is 10.2 Å². The van der Waals surface area contributed by atoms with E-state index in [0.717, 1.165) is 4.34 Å². The largest absolute Gasteiger partial charge is 0.296 e. The normalized spacial score (nSPS) is 11.1. The van der Waals surface area contributed by atoms with E-state index >= 15 is 0 Å². The molecule has 0 atom stereocenters. The van der Waals surface area contributed by atoms with Crippen LogP contribution in [0.3, 0.4) is 0 Å². The minimum atomic E-state index is -3.80. The molecule has 0 fully saturated rings. The van der Waals surface area contributed by atoms with Crippen molar-refractivity contribution in [1.82, 2.24) is 10.2 Å². The van der Waals surface area contributed by atoms with E-state index in [1.54, 1.807) is 30.3 Å². The fourth-order valence-electron chi connectivity index (χ4n) is 2.08. The van der Waals surface area contributed by atoms with Gasteiger partial charge in [0.15, 0.2) is 4.34 Å². The van der Waals surface area contributed by atoms with E-state index in [9.17, 15) is 13.2 Å². The summed E-state index contributed by atoms with van der Waals surface area (Å²) in [7, 11) is -3.80. The van der Waals surface area contributed by atoms with Gasteiger partial charge in [0.25, 0.3) is 15.9 Å². The summed E-state index contributed by atoms with van der Waals surface area (Å²) in [4.78, 5) is 12.7. The highest BCUT2D eigenvalue weighted by atomic mass is 32.2. The second kappa shape index (κ2) is 7.85. The Kier molecular flexibility index (Phi) is 5.55. The fraction of sp³-hybridized carbons (Fsp3) is 0.0625. The van der Waals surface area contributed by atoms with Crippen molar-refractivity contribution < 1.29 is 13.2 Å². The Bertz CT molecular complexity index is 1020. The topological polar surface area (TPSA) is 101 Å². The molecular formula is C16H14N4O3S3. The lowest BCUT2D eigenvalue weighted by Crippen LogP contribution is -2.18. The Morgan fingerprint density at radius 2 is 1.73 bits per heavy atom. The molecule has 3 aromatic rings. The molecule has 26 heavy (non-hydrogen) atoms. The average molecular weight is 407 g/mol. The number of rotatable bonds is 6. The summed E-state index contributed by atoms with van der Waals surface area (Å²) in [5.41, 5.74) is 0.372. The highest BCUT2D eigenvalue weighted by molar-refractivity contribution is 8.00. The van der Waals surface area contributed by atoms with Crippen LogP contribution in [0.2, 0.25) is 0 Å². The molecule has 0 aliphatic rings. The molecule has 0 radical (unpaired) electrons. The van der Waals surface area contributed by atoms with Gasteiger partial charge in [-0.3, -0.25) is 14.8 Å². The predicted octanol–water partition coefficient (Wildman–Crippen LogP) is 3.31. The van der Waals surface area contributed by atoms with Crippen molar-refractivity contribution in [2.45, 2.75) is 9.24 Å². The second-order valence-corrected chi connectivity index (χ2v) is 8.71. The Morgan fingerprint density at radius 3 is 2.42 bits per heavy atom. The maximum Gasteiger partial charge on any atom is 0.261 e. The van der Waals surface area contributed by atoms with E-state index < -0.39 is 15.9 Å². The monoisotopic (exact) mass is 406 g/mol. The van der Waals surface area contributed by atoms with Crippen molar-refractivity contribution in [3.63, 3.8) is 0 Å². The molecule has 2 N–H and O–H groups in total. The lowest BCUT2D eigenvalue weighted by Gasteiger charge is -2.12. The summed E-state index contributed by atoms with van der Waals surface area (Å²) in [6.07, 6.45) is 1.86. The first-order valence-corrected chi connectivity index (χ1v) is 10.9. The standard InChI is InChI=1S/C16H14N4O3S3/c1-24-16-19-18-15(25-16)17-14(21)12-9-5-6-10-13(12)20-26(22,23)11-7-3-2-4-8-11/h2-10,20H,1H3,(H,17,18,21). The van der Waals surface area contributed by atoms with Crippen LogP contribution in [0.25, 0.3) is 0 Å². The average Bonchev–Trinajstić information content (AvgIpc) is 3.10. The summed E-state index contributed by atoms with van der Waals surface area (Å²) in [6, 6.07) is 14.3. The molecule has 7 nitrogen and oxygen atoms in total. The number of anilines is 2. The van der Waals surface area contributed by atoms with Gasteiger partial charge in [0.2, 0.25) is 5.13 Å². The summed E-state index contributed by atoms with van der Waals surface area (Å²) in [5, 5.41) is 10.8. The molecule has 10 heteroatoms. The molecule has 1 aromatic heterocycles. The third-order valence-corrected chi connectivity index (χ3v) is 6.47. The van der Waals surface area contributed by atoms with Crippen molar-refractivity contribution in [3.05, 3.63) is 60.2 Å². The molecule has 0 bridgehead atoms. The lowest BCUT2D eigenvalue weighted by molar-refractivity contribution is 0.102. The number of carbonyl (C=O) groups excluding carboxylic acids is 1. The Balaban J connectivity index is 1.85. The van der Waals surface area contributed by atoms with Gasteiger partial charge < -0.3 is 0 Å². The van der Waals surface area contributed by atoms with Crippen LogP contribution in [0, 0.1) is 0 Å². The van der Waals surface area contributed by atoms with Gasteiger partial charge in [-0.25, -0.2) is 8.42 Å². The van der Waals surface area contributed by atoms with E-state index in [0.29, 0.717) is 5.13 Å². The van der Waals surface area contributed by atoms with Crippen LogP contribution in [0.5, 0.6) is 0 Å². The molecule has 0 aliphatic heterocycles. The van der Waals surface area contributed by atoms with Gasteiger partial charge in [-0.05, 0) is 30.5 Å². The van der Waals surface area contributed by atoms with Gasteiger partial charge in [-0.2, -0.15) is 0 Å². The van der Waals surface area contributed by atoms with E-state index in [-0.39, 0.29) is 16.1 Å². The van der Waals surface area contributed by atoms with Gasteiger partial charge in [0, 0.05) is 0 Å². The Labute approximate surface area is 158 Å². The van der Waals surface area contributed by atoms with Crippen molar-refractivity contribution >= 4 is 49.8 Å². The van der Waals surface area contributed by atoms with Crippen LogP contribution in [0.1, 0.15) is 10.4 Å². The quantitative estimate of drug-likeness (QED) is 0.481. The maximum absolute atomic E-state index is 12.5. The maximum atomic E-state index is 12.5. The van der Waals surface area contributed by atoms with Crippen molar-refractivity contribution in [1.29, 1.82) is 0 Å². The number of nitrogens with one attached hydrogen (secondary N) is 2. The van der Waals surface area contributed by atoms with Gasteiger partial charge in [0.05, 0.1) is 16.1 Å². The third kappa shape index (κ3) is 4.21. The second-order valence-electron chi connectivity index (χ2n) is 5.00. The van der Waals surface area contributed by atoms with Crippen molar-refractivity contribution in [2.75, 3.05) is 16.3 Å². The van der Waals surface area contributed by atoms with E-state index in [4.69, 9.17) is 0 Å². The number of aromatic nitrogens is 2. The van der Waals surface area contributed by atoms with Gasteiger partial charge >= 0.3 is 0 Å². The van der Waals surface area contributed by atoms with Gasteiger partial charge in [0.1, 0.15) is 0 Å². The molecule has 0 unspecified atom stereocenters. The Morgan fingerprint density at radius 1 is 1.04 bits per heavy atom. The number of sulfonamides is 1. The van der Waals surface area contributed by atoms with Crippen LogP contribution in [-0.2, 0) is 10.0 Å². The van der Waals surface area contributed by atoms with Crippen molar-refractivity contribution in [2.24, 2.45) is 0 Å². The summed E-state index contributed by atoms with van der Waals surface area (Å²) in [5.74, 6) is -0.472. The zero-order valence-corrected chi connectivity index (χ0v) is 16.0. The molecule has 1 amide bonds. The molecule has 0 aliphatic carbocycles. The van der Waals surface area contributed by atoms with E-state index in [2.05, 4.69) is 20.2 Å². The minimum Gasteiger partial charge on any atom is -0.296 e. The third-order valence-electron chi connectivity index (χ3n) is 3.27. The number of para-hydroxylation sites is 1. The number of carbonyl (C=O) groups is 1. The molecule has 134 valence electrons. The summed E-state index contributed by atoms with van der Waals surface area (Å²) >= 11 is 2.67. The highest BCUT2D eigenvalue weighted by Gasteiger charge is 2.19. The zero-order valence-electron chi connectivity index (χ0n) is 13.5. The first-order chi connectivity index (χ1) is 12.5. The number of hydrogen-bond acceptors (Lipinski definition) is 7. The number of hydrogen-bond donors (Lipinski definition) is 2. The molecule has 0 saturated carbocycles. The summed E-state index contributed by atoms with van der Waals surface area (Å²) < 4.78 is 28.2. The first kappa shape index (κ1) is 18.4. The smallest absolute Gasteiger partial charge is 0.261 e. The van der Waals surface area contributed by atoms with Crippen LogP contribution >= 0.6 is 23.1 Å². The van der Waals surface area contributed by atoms with E-state index in [1.807, 2.05) is 6.26 Å². The lowest BCUT2D eigenvalue weighted by atomic mass is 10.2. The highest BCUT2D eigenvalue weighted by Crippen LogP contribution is 2.25. The number of benzene rings is 2. The molecule has 0 saturated heterocycles. The number of nitrogens with zero attached hydrogens (tertiary/aromatic N) is 2. The SMILES string of the molecule is CSc1nnc(NC(=O)c2ccccc2NS(=O)(=O)c2ccccc2)s1. The van der Waals surface area contributed by atoms with Crippen molar-refractivity contribution in [3.8, 4) is 0 Å². The Hall–Kier alpha value is -2.43. The van der Waals surface area contributed by atoms with E-state index in [1.165, 1.54) is 47.4 Å². The van der Waals surface area contributed by atoms with Crippen LogP contribution in [-0.4, -0.2) is 30.8 Å². The molecule has 0 spiro atoms. The van der Waals surface area contributed by atoms with Gasteiger partial charge in [-0.1, -0.05) is 53.4 Å². The number of amides is 1.